The van der Waals surface area contributed by atoms with Crippen molar-refractivity contribution in [3.8, 4) is 11.5 Å². The molecule has 0 bridgehead atoms. The molecule has 1 heterocycles. The monoisotopic (exact) mass is 360 g/mol. The molecule has 22 heavy (non-hydrogen) atoms. The summed E-state index contributed by atoms with van der Waals surface area (Å²) in [6, 6.07) is 8.49. The Balaban J connectivity index is 2.09. The first-order valence-corrected chi connectivity index (χ1v) is 7.52. The fraction of sp³-hybridized carbons (Fsp3) is 0.188. The second kappa shape index (κ2) is 7.57. The van der Waals surface area contributed by atoms with Crippen LogP contribution in [0.2, 0.25) is 0 Å². The zero-order chi connectivity index (χ0) is 15.9. The minimum Gasteiger partial charge on any atom is -0.496 e. The van der Waals surface area contributed by atoms with Crippen LogP contribution in [-0.4, -0.2) is 23.2 Å². The number of rotatable bonds is 6. The SMILES string of the molecule is [C-]#[N+]c1ccc(COc2ccc(C(=O)CBr)c(OC)c2)nc1. The van der Waals surface area contributed by atoms with Gasteiger partial charge in [0.2, 0.25) is 5.69 Å². The second-order valence-electron chi connectivity index (χ2n) is 4.33. The molecule has 0 saturated heterocycles. The normalized spacial score (nSPS) is 9.86. The summed E-state index contributed by atoms with van der Waals surface area (Å²) in [5.41, 5.74) is 1.71. The summed E-state index contributed by atoms with van der Waals surface area (Å²) in [6.07, 6.45) is 1.50. The van der Waals surface area contributed by atoms with E-state index in [1.807, 2.05) is 0 Å². The second-order valence-corrected chi connectivity index (χ2v) is 4.89. The molecule has 0 aliphatic carbocycles. The van der Waals surface area contributed by atoms with Gasteiger partial charge >= 0.3 is 0 Å². The van der Waals surface area contributed by atoms with Gasteiger partial charge in [-0.1, -0.05) is 22.0 Å². The molecule has 0 spiro atoms. The lowest BCUT2D eigenvalue weighted by Crippen LogP contribution is -2.04. The van der Waals surface area contributed by atoms with Gasteiger partial charge in [-0.3, -0.25) is 9.78 Å². The predicted octanol–water partition coefficient (Wildman–Crippen LogP) is 3.80. The lowest BCUT2D eigenvalue weighted by molar-refractivity contribution is 0.102. The standard InChI is InChI=1S/C16H13BrN2O3/c1-18-11-3-4-12(19-9-11)10-22-13-5-6-14(15(20)8-17)16(7-13)21-2/h3-7,9H,8,10H2,2H3. The van der Waals surface area contributed by atoms with Gasteiger partial charge in [0.1, 0.15) is 18.1 Å². The van der Waals surface area contributed by atoms with Gasteiger partial charge < -0.3 is 9.47 Å². The van der Waals surface area contributed by atoms with Gasteiger partial charge in [0.05, 0.1) is 30.3 Å². The number of Topliss-reactive ketones (excluding diaryl/α,β-unsaturated/α-hetero) is 1. The smallest absolute Gasteiger partial charge is 0.205 e. The molecule has 2 rings (SSSR count). The highest BCUT2D eigenvalue weighted by Crippen LogP contribution is 2.26. The molecule has 0 amide bonds. The number of benzene rings is 1. The third-order valence-electron chi connectivity index (χ3n) is 2.92. The van der Waals surface area contributed by atoms with Crippen LogP contribution in [0.15, 0.2) is 36.5 Å². The lowest BCUT2D eigenvalue weighted by atomic mass is 10.1. The number of pyridine rings is 1. The van der Waals surface area contributed by atoms with Crippen molar-refractivity contribution in [1.82, 2.24) is 4.98 Å². The molecule has 5 nitrogen and oxygen atoms in total. The molecule has 6 heteroatoms. The number of alkyl halides is 1. The molecule has 0 aliphatic rings. The zero-order valence-corrected chi connectivity index (χ0v) is 13.5. The van der Waals surface area contributed by atoms with Gasteiger partial charge in [0.25, 0.3) is 0 Å². The number of carbonyl (C=O) groups excluding carboxylic acids is 1. The van der Waals surface area contributed by atoms with Crippen LogP contribution < -0.4 is 9.47 Å². The number of nitrogens with zero attached hydrogens (tertiary/aromatic N) is 2. The summed E-state index contributed by atoms with van der Waals surface area (Å²) >= 11 is 3.14. The summed E-state index contributed by atoms with van der Waals surface area (Å²) in [5, 5.41) is 0.237. The molecule has 0 aliphatic heterocycles. The number of carbonyl (C=O) groups is 1. The van der Waals surface area contributed by atoms with E-state index in [-0.39, 0.29) is 17.7 Å². The van der Waals surface area contributed by atoms with E-state index in [0.29, 0.717) is 28.4 Å². The van der Waals surface area contributed by atoms with E-state index >= 15 is 0 Å². The number of hydrogen-bond acceptors (Lipinski definition) is 4. The molecule has 0 radical (unpaired) electrons. The van der Waals surface area contributed by atoms with Gasteiger partial charge in [0.15, 0.2) is 5.78 Å². The van der Waals surface area contributed by atoms with Crippen LogP contribution in [0.1, 0.15) is 16.1 Å². The summed E-state index contributed by atoms with van der Waals surface area (Å²) in [4.78, 5) is 19.2. The van der Waals surface area contributed by atoms with Crippen molar-refractivity contribution in [2.75, 3.05) is 12.4 Å². The Hall–Kier alpha value is -2.39. The third-order valence-corrected chi connectivity index (χ3v) is 3.43. The van der Waals surface area contributed by atoms with Gasteiger partial charge in [-0.05, 0) is 18.2 Å². The largest absolute Gasteiger partial charge is 0.496 e. The van der Waals surface area contributed by atoms with Crippen molar-refractivity contribution in [2.45, 2.75) is 6.61 Å². The van der Waals surface area contributed by atoms with Crippen molar-refractivity contribution in [3.63, 3.8) is 0 Å². The molecular weight excluding hydrogens is 348 g/mol. The molecule has 0 unspecified atom stereocenters. The quantitative estimate of drug-likeness (QED) is 0.446. The number of ketones is 1. The number of methoxy groups -OCH3 is 1. The maximum Gasteiger partial charge on any atom is 0.205 e. The van der Waals surface area contributed by atoms with E-state index in [1.54, 1.807) is 30.3 Å². The maximum atomic E-state index is 11.7. The van der Waals surface area contributed by atoms with E-state index in [2.05, 4.69) is 25.8 Å². The first-order valence-electron chi connectivity index (χ1n) is 6.40. The van der Waals surface area contributed by atoms with Crippen molar-refractivity contribution in [2.24, 2.45) is 0 Å². The van der Waals surface area contributed by atoms with Crippen LogP contribution in [0.3, 0.4) is 0 Å². The average Bonchev–Trinajstić information content (AvgIpc) is 2.59. The van der Waals surface area contributed by atoms with Gasteiger partial charge in [-0.25, -0.2) is 4.85 Å². The molecule has 0 N–H and O–H groups in total. The fourth-order valence-electron chi connectivity index (χ4n) is 1.79. The predicted molar refractivity (Wildman–Crippen MR) is 85.9 cm³/mol. The molecule has 1 aromatic heterocycles. The highest BCUT2D eigenvalue weighted by Gasteiger charge is 2.12. The van der Waals surface area contributed by atoms with Crippen LogP contribution >= 0.6 is 15.9 Å². The Morgan fingerprint density at radius 3 is 2.77 bits per heavy atom. The van der Waals surface area contributed by atoms with Gasteiger partial charge in [-0.2, -0.15) is 0 Å². The highest BCUT2D eigenvalue weighted by atomic mass is 79.9. The molecule has 1 aromatic carbocycles. The first-order chi connectivity index (χ1) is 10.7. The summed E-state index contributed by atoms with van der Waals surface area (Å²) in [5.74, 6) is 0.997. The first kappa shape index (κ1) is 16.0. The van der Waals surface area contributed by atoms with Crippen molar-refractivity contribution in [1.29, 1.82) is 0 Å². The summed E-state index contributed by atoms with van der Waals surface area (Å²) < 4.78 is 10.9. The lowest BCUT2D eigenvalue weighted by Gasteiger charge is -2.10. The molecule has 0 saturated carbocycles. The Morgan fingerprint density at radius 2 is 2.18 bits per heavy atom. The van der Waals surface area contributed by atoms with Crippen LogP contribution in [0.4, 0.5) is 5.69 Å². The Morgan fingerprint density at radius 1 is 1.36 bits per heavy atom. The number of aromatic nitrogens is 1. The Labute approximate surface area is 136 Å². The van der Waals surface area contributed by atoms with E-state index in [9.17, 15) is 4.79 Å². The van der Waals surface area contributed by atoms with E-state index in [4.69, 9.17) is 16.0 Å². The van der Waals surface area contributed by atoms with Crippen LogP contribution in [-0.2, 0) is 6.61 Å². The van der Waals surface area contributed by atoms with Crippen molar-refractivity contribution in [3.05, 3.63) is 59.2 Å². The van der Waals surface area contributed by atoms with Crippen LogP contribution in [0.5, 0.6) is 11.5 Å². The van der Waals surface area contributed by atoms with E-state index in [0.717, 1.165) is 0 Å². The van der Waals surface area contributed by atoms with Gasteiger partial charge in [0, 0.05) is 12.3 Å². The fourth-order valence-corrected chi connectivity index (χ4v) is 2.09. The minimum atomic E-state index is -0.0557. The molecule has 0 atom stereocenters. The summed E-state index contributed by atoms with van der Waals surface area (Å²) in [7, 11) is 1.51. The third kappa shape index (κ3) is 3.83. The van der Waals surface area contributed by atoms with Crippen molar-refractivity contribution >= 4 is 27.4 Å². The van der Waals surface area contributed by atoms with Crippen molar-refractivity contribution < 1.29 is 14.3 Å². The maximum absolute atomic E-state index is 11.7. The molecule has 112 valence electrons. The van der Waals surface area contributed by atoms with Crippen LogP contribution in [0.25, 0.3) is 4.85 Å². The van der Waals surface area contributed by atoms with Gasteiger partial charge in [-0.15, -0.1) is 0 Å². The summed E-state index contributed by atoms with van der Waals surface area (Å²) in [6.45, 7) is 7.15. The van der Waals surface area contributed by atoms with E-state index in [1.165, 1.54) is 13.3 Å². The average molecular weight is 361 g/mol. The topological polar surface area (TPSA) is 52.8 Å². The Bertz CT molecular complexity index is 708. The Kier molecular flexibility index (Phi) is 5.50. The highest BCUT2D eigenvalue weighted by molar-refractivity contribution is 9.09. The number of halogens is 1. The van der Waals surface area contributed by atoms with Crippen LogP contribution in [0, 0.1) is 6.57 Å². The number of ether oxygens (including phenoxy) is 2. The molecular formula is C16H13BrN2O3. The molecule has 2 aromatic rings. The number of hydrogen-bond donors (Lipinski definition) is 0. The molecule has 0 fully saturated rings. The zero-order valence-electron chi connectivity index (χ0n) is 11.9. The minimum absolute atomic E-state index is 0.0557. The van der Waals surface area contributed by atoms with E-state index < -0.39 is 0 Å².